The van der Waals surface area contributed by atoms with E-state index in [1.807, 2.05) is 0 Å². The molecule has 0 unspecified atom stereocenters. The van der Waals surface area contributed by atoms with Gasteiger partial charge >= 0.3 is 5.97 Å². The predicted molar refractivity (Wildman–Crippen MR) is 41.5 cm³/mol. The molecule has 0 atom stereocenters. The predicted octanol–water partition coefficient (Wildman–Crippen LogP) is 1.62. The molecule has 1 aromatic carbocycles. The lowest BCUT2D eigenvalue weighted by Gasteiger charge is -2.01. The van der Waals surface area contributed by atoms with Crippen LogP contribution in [-0.4, -0.2) is 16.2 Å². The molecule has 0 aliphatic heterocycles. The van der Waals surface area contributed by atoms with E-state index in [0.717, 1.165) is 6.07 Å². The van der Waals surface area contributed by atoms with Gasteiger partial charge in [0.05, 0.1) is 0 Å². The number of carboxylic acid groups (broad SMARTS) is 1. The van der Waals surface area contributed by atoms with Crippen LogP contribution in [0, 0.1) is 0 Å². The molecule has 5 heteroatoms. The zero-order chi connectivity index (χ0) is 9.14. The van der Waals surface area contributed by atoms with Gasteiger partial charge in [-0.2, -0.15) is 0 Å². The Morgan fingerprint density at radius 1 is 1.50 bits per heavy atom. The number of carboxylic acids is 1. The second kappa shape index (κ2) is 3.32. The molecule has 2 N–H and O–H groups in total. The average Bonchev–Trinajstić information content (AvgIpc) is 2.04. The summed E-state index contributed by atoms with van der Waals surface area (Å²) >= 11 is 4.98. The van der Waals surface area contributed by atoms with Gasteiger partial charge in [0.25, 0.3) is 0 Å². The van der Waals surface area contributed by atoms with Gasteiger partial charge in [-0.3, -0.25) is 0 Å². The Bertz CT molecular complexity index is 310. The Labute approximate surface area is 73.1 Å². The molecular weight excluding hydrogens is 184 g/mol. The summed E-state index contributed by atoms with van der Waals surface area (Å²) in [5, 5.41) is 17.5. The van der Waals surface area contributed by atoms with E-state index in [4.69, 9.17) is 22.1 Å². The van der Waals surface area contributed by atoms with Crippen LogP contribution in [0.3, 0.4) is 0 Å². The molecule has 12 heavy (non-hydrogen) atoms. The number of phenolic OH excluding ortho intramolecular Hbond substituents is 1. The first-order valence-corrected chi connectivity index (χ1v) is 3.31. The summed E-state index contributed by atoms with van der Waals surface area (Å²) in [4.78, 5) is 10.5. The normalized spacial score (nSPS) is 9.42. The highest BCUT2D eigenvalue weighted by Crippen LogP contribution is 2.23. The van der Waals surface area contributed by atoms with E-state index in [1.54, 1.807) is 0 Å². The number of aromatic hydroxyl groups is 1. The number of rotatable bonds is 2. The molecule has 0 fully saturated rings. The van der Waals surface area contributed by atoms with Crippen LogP contribution in [0.2, 0.25) is 0 Å². The maximum Gasteiger partial charge on any atom is 0.339 e. The molecule has 0 spiro atoms. The van der Waals surface area contributed by atoms with Crippen molar-refractivity contribution in [1.29, 1.82) is 0 Å². The fourth-order valence-corrected chi connectivity index (χ4v) is 0.887. The summed E-state index contributed by atoms with van der Waals surface area (Å²) in [5.74, 6) is -1.35. The summed E-state index contributed by atoms with van der Waals surface area (Å²) in [6, 6.07) is 3.61. The molecule has 0 saturated carbocycles. The van der Waals surface area contributed by atoms with Gasteiger partial charge in [-0.25, -0.2) is 4.79 Å². The molecule has 0 heterocycles. The van der Waals surface area contributed by atoms with E-state index in [1.165, 1.54) is 12.1 Å². The van der Waals surface area contributed by atoms with Gasteiger partial charge in [-0.1, -0.05) is 0 Å². The monoisotopic (exact) mass is 188 g/mol. The standard InChI is InChI=1S/C7H5ClO4/c8-12-6-2-1-4(9)3-5(6)7(10)11/h1-3,9H,(H,10,11). The van der Waals surface area contributed by atoms with Crippen molar-refractivity contribution in [3.05, 3.63) is 23.8 Å². The van der Waals surface area contributed by atoms with Crippen LogP contribution in [-0.2, 0) is 0 Å². The second-order valence-electron chi connectivity index (χ2n) is 2.06. The van der Waals surface area contributed by atoms with Crippen molar-refractivity contribution < 1.29 is 19.3 Å². The summed E-state index contributed by atoms with van der Waals surface area (Å²) in [7, 11) is 0. The fourth-order valence-electron chi connectivity index (χ4n) is 0.752. The van der Waals surface area contributed by atoms with Crippen molar-refractivity contribution in [3.8, 4) is 11.5 Å². The van der Waals surface area contributed by atoms with E-state index >= 15 is 0 Å². The minimum atomic E-state index is -1.21. The van der Waals surface area contributed by atoms with Crippen molar-refractivity contribution in [2.45, 2.75) is 0 Å². The van der Waals surface area contributed by atoms with Crippen molar-refractivity contribution in [2.75, 3.05) is 0 Å². The van der Waals surface area contributed by atoms with Crippen molar-refractivity contribution in [1.82, 2.24) is 0 Å². The van der Waals surface area contributed by atoms with E-state index in [0.29, 0.717) is 0 Å². The van der Waals surface area contributed by atoms with E-state index < -0.39 is 5.97 Å². The molecule has 0 aliphatic carbocycles. The number of hydrogen-bond donors (Lipinski definition) is 2. The highest BCUT2D eigenvalue weighted by molar-refractivity contribution is 6.10. The molecule has 0 bridgehead atoms. The van der Waals surface area contributed by atoms with Gasteiger partial charge in [-0.15, -0.1) is 0 Å². The molecule has 64 valence electrons. The van der Waals surface area contributed by atoms with Gasteiger partial charge in [0.15, 0.2) is 5.75 Å². The number of carbonyl (C=O) groups is 1. The van der Waals surface area contributed by atoms with Crippen LogP contribution >= 0.6 is 11.9 Å². The summed E-state index contributed by atoms with van der Waals surface area (Å²) in [6.45, 7) is 0. The van der Waals surface area contributed by atoms with Crippen LogP contribution in [0.5, 0.6) is 11.5 Å². The second-order valence-corrected chi connectivity index (χ2v) is 2.22. The highest BCUT2D eigenvalue weighted by atomic mass is 35.5. The zero-order valence-corrected chi connectivity index (χ0v) is 6.58. The molecule has 1 rings (SSSR count). The first kappa shape index (κ1) is 8.67. The SMILES string of the molecule is O=C(O)c1cc(O)ccc1OCl. The van der Waals surface area contributed by atoms with Crippen LogP contribution in [0.4, 0.5) is 0 Å². The van der Waals surface area contributed by atoms with Crippen LogP contribution in [0.15, 0.2) is 18.2 Å². The van der Waals surface area contributed by atoms with Crippen LogP contribution in [0.1, 0.15) is 10.4 Å². The summed E-state index contributed by atoms with van der Waals surface area (Å²) in [5.41, 5.74) is -0.176. The molecule has 0 aromatic heterocycles. The Kier molecular flexibility index (Phi) is 2.40. The number of aromatic carboxylic acids is 1. The van der Waals surface area contributed by atoms with Crippen LogP contribution in [0.25, 0.3) is 0 Å². The maximum atomic E-state index is 10.5. The highest BCUT2D eigenvalue weighted by Gasteiger charge is 2.11. The third-order valence-corrected chi connectivity index (χ3v) is 1.44. The average molecular weight is 189 g/mol. The number of halogens is 1. The van der Waals surface area contributed by atoms with Crippen LogP contribution < -0.4 is 4.29 Å². The van der Waals surface area contributed by atoms with Crippen molar-refractivity contribution >= 4 is 17.8 Å². The minimum absolute atomic E-state index is 0.00182. The molecule has 0 radical (unpaired) electrons. The molecular formula is C7H5ClO4. The molecule has 0 amide bonds. The van der Waals surface area contributed by atoms with Crippen molar-refractivity contribution in [3.63, 3.8) is 0 Å². The van der Waals surface area contributed by atoms with Crippen molar-refractivity contribution in [2.24, 2.45) is 0 Å². The lowest BCUT2D eigenvalue weighted by Crippen LogP contribution is -1.97. The number of hydrogen-bond acceptors (Lipinski definition) is 3. The Hall–Kier alpha value is -1.42. The first-order valence-electron chi connectivity index (χ1n) is 3.00. The lowest BCUT2D eigenvalue weighted by molar-refractivity contribution is 0.0694. The van der Waals surface area contributed by atoms with E-state index in [-0.39, 0.29) is 17.1 Å². The smallest absolute Gasteiger partial charge is 0.339 e. The molecule has 0 aliphatic rings. The number of benzene rings is 1. The Morgan fingerprint density at radius 2 is 2.17 bits per heavy atom. The maximum absolute atomic E-state index is 10.5. The van der Waals surface area contributed by atoms with E-state index in [2.05, 4.69) is 4.29 Å². The minimum Gasteiger partial charge on any atom is -0.508 e. The third-order valence-electron chi connectivity index (χ3n) is 1.28. The largest absolute Gasteiger partial charge is 0.508 e. The van der Waals surface area contributed by atoms with Gasteiger partial charge in [0.2, 0.25) is 0 Å². The van der Waals surface area contributed by atoms with Gasteiger partial charge in [0.1, 0.15) is 23.2 Å². The molecule has 4 nitrogen and oxygen atoms in total. The molecule has 0 saturated heterocycles. The number of phenols is 1. The summed E-state index contributed by atoms with van der Waals surface area (Å²) in [6.07, 6.45) is 0. The van der Waals surface area contributed by atoms with Gasteiger partial charge < -0.3 is 14.5 Å². The summed E-state index contributed by atoms with van der Waals surface area (Å²) < 4.78 is 4.24. The Balaban J connectivity index is 3.21. The topological polar surface area (TPSA) is 66.8 Å². The quantitative estimate of drug-likeness (QED) is 0.740. The Morgan fingerprint density at radius 3 is 2.67 bits per heavy atom. The molecule has 1 aromatic rings. The van der Waals surface area contributed by atoms with E-state index in [9.17, 15) is 4.79 Å². The third kappa shape index (κ3) is 1.60. The zero-order valence-electron chi connectivity index (χ0n) is 5.82. The van der Waals surface area contributed by atoms with Gasteiger partial charge in [-0.05, 0) is 18.2 Å². The lowest BCUT2D eigenvalue weighted by atomic mass is 10.2. The first-order chi connectivity index (χ1) is 5.65. The van der Waals surface area contributed by atoms with Gasteiger partial charge in [0, 0.05) is 0 Å². The fraction of sp³-hybridized carbons (Fsp3) is 0.